The Morgan fingerprint density at radius 1 is 1.47 bits per heavy atom. The maximum absolute atomic E-state index is 11.9. The Bertz CT molecular complexity index is 431. The maximum atomic E-state index is 11.9. The predicted molar refractivity (Wildman–Crippen MR) is 65.0 cm³/mol. The second-order valence-corrected chi connectivity index (χ2v) is 4.50. The van der Waals surface area contributed by atoms with Crippen molar-refractivity contribution >= 4 is 11.6 Å². The molecule has 2 unspecified atom stereocenters. The first-order valence-electron chi connectivity index (χ1n) is 5.82. The van der Waals surface area contributed by atoms with Crippen LogP contribution in [0.25, 0.3) is 0 Å². The summed E-state index contributed by atoms with van der Waals surface area (Å²) in [5.41, 5.74) is 1.43. The van der Waals surface area contributed by atoms with Crippen molar-refractivity contribution in [3.8, 4) is 5.75 Å². The quantitative estimate of drug-likeness (QED) is 0.773. The molecule has 17 heavy (non-hydrogen) atoms. The van der Waals surface area contributed by atoms with Gasteiger partial charge in [-0.05, 0) is 50.5 Å². The van der Waals surface area contributed by atoms with Crippen molar-refractivity contribution in [3.05, 3.63) is 23.8 Å². The second kappa shape index (κ2) is 4.75. The van der Waals surface area contributed by atoms with Crippen molar-refractivity contribution in [2.24, 2.45) is 0 Å². The van der Waals surface area contributed by atoms with Gasteiger partial charge in [0.15, 0.2) is 0 Å². The van der Waals surface area contributed by atoms with Crippen molar-refractivity contribution in [1.82, 2.24) is 0 Å². The topological polar surface area (TPSA) is 58.6 Å². The number of hydrogen-bond donors (Lipinski definition) is 2. The second-order valence-electron chi connectivity index (χ2n) is 4.50. The van der Waals surface area contributed by atoms with Crippen molar-refractivity contribution in [2.45, 2.75) is 38.9 Å². The first-order valence-corrected chi connectivity index (χ1v) is 5.82. The van der Waals surface area contributed by atoms with E-state index in [1.807, 2.05) is 6.92 Å². The molecule has 0 bridgehead atoms. The fourth-order valence-electron chi connectivity index (χ4n) is 1.95. The Labute approximate surface area is 101 Å². The van der Waals surface area contributed by atoms with E-state index in [1.165, 1.54) is 0 Å². The smallest absolute Gasteiger partial charge is 0.253 e. The molecule has 0 aromatic heterocycles. The van der Waals surface area contributed by atoms with Crippen molar-refractivity contribution < 1.29 is 14.6 Å². The van der Waals surface area contributed by atoms with Crippen LogP contribution in [0.2, 0.25) is 0 Å². The lowest BCUT2D eigenvalue weighted by Crippen LogP contribution is -2.27. The molecular weight excluding hydrogens is 218 g/mol. The molecule has 1 fully saturated rings. The molecule has 4 heteroatoms. The molecule has 0 radical (unpaired) electrons. The van der Waals surface area contributed by atoms with Crippen LogP contribution in [0.4, 0.5) is 5.69 Å². The van der Waals surface area contributed by atoms with Crippen LogP contribution in [0.5, 0.6) is 5.75 Å². The summed E-state index contributed by atoms with van der Waals surface area (Å²) in [7, 11) is 0. The fourth-order valence-corrected chi connectivity index (χ4v) is 1.95. The molecule has 0 spiro atoms. The van der Waals surface area contributed by atoms with E-state index in [4.69, 9.17) is 4.74 Å². The van der Waals surface area contributed by atoms with E-state index in [1.54, 1.807) is 25.1 Å². The molecular formula is C13H17NO3. The maximum Gasteiger partial charge on any atom is 0.253 e. The zero-order valence-electron chi connectivity index (χ0n) is 10.1. The number of phenols is 1. The number of rotatable bonds is 2. The van der Waals surface area contributed by atoms with Crippen molar-refractivity contribution in [3.63, 3.8) is 0 Å². The minimum absolute atomic E-state index is 0.112. The number of anilines is 1. The summed E-state index contributed by atoms with van der Waals surface area (Å²) in [6.45, 7) is 3.76. The van der Waals surface area contributed by atoms with Gasteiger partial charge < -0.3 is 15.2 Å². The Hall–Kier alpha value is -1.55. The van der Waals surface area contributed by atoms with Crippen LogP contribution in [0.3, 0.4) is 0 Å². The number of ether oxygens (including phenoxy) is 1. The average molecular weight is 235 g/mol. The van der Waals surface area contributed by atoms with Crippen LogP contribution in [0.15, 0.2) is 18.2 Å². The molecule has 1 heterocycles. The molecule has 1 amide bonds. The molecule has 1 saturated heterocycles. The summed E-state index contributed by atoms with van der Waals surface area (Å²) < 4.78 is 5.49. The zero-order chi connectivity index (χ0) is 12.4. The molecule has 2 rings (SSSR count). The summed E-state index contributed by atoms with van der Waals surface area (Å²) in [4.78, 5) is 11.9. The number of aryl methyl sites for hydroxylation is 1. The van der Waals surface area contributed by atoms with Gasteiger partial charge in [-0.25, -0.2) is 0 Å². The zero-order valence-corrected chi connectivity index (χ0v) is 10.1. The molecule has 92 valence electrons. The summed E-state index contributed by atoms with van der Waals surface area (Å²) in [6.07, 6.45) is 1.50. The van der Waals surface area contributed by atoms with E-state index in [0.717, 1.165) is 18.4 Å². The highest BCUT2D eigenvalue weighted by Crippen LogP contribution is 2.23. The van der Waals surface area contributed by atoms with Gasteiger partial charge in [-0.15, -0.1) is 0 Å². The highest BCUT2D eigenvalue weighted by molar-refractivity contribution is 5.94. The van der Waals surface area contributed by atoms with Crippen LogP contribution >= 0.6 is 0 Å². The lowest BCUT2D eigenvalue weighted by atomic mass is 10.1. The molecule has 2 N–H and O–H groups in total. The molecule has 1 aromatic rings. The van der Waals surface area contributed by atoms with Gasteiger partial charge in [0.05, 0.1) is 6.10 Å². The van der Waals surface area contributed by atoms with E-state index < -0.39 is 0 Å². The first-order chi connectivity index (χ1) is 8.06. The van der Waals surface area contributed by atoms with Crippen molar-refractivity contribution in [2.75, 3.05) is 5.32 Å². The molecule has 0 aliphatic carbocycles. The third kappa shape index (κ3) is 2.77. The summed E-state index contributed by atoms with van der Waals surface area (Å²) >= 11 is 0. The van der Waals surface area contributed by atoms with Gasteiger partial charge in [-0.3, -0.25) is 4.79 Å². The monoisotopic (exact) mass is 235 g/mol. The van der Waals surface area contributed by atoms with Crippen LogP contribution in [-0.2, 0) is 9.53 Å². The van der Waals surface area contributed by atoms with Gasteiger partial charge in [-0.2, -0.15) is 0 Å². The number of benzene rings is 1. The van der Waals surface area contributed by atoms with E-state index in [-0.39, 0.29) is 23.9 Å². The largest absolute Gasteiger partial charge is 0.508 e. The Kier molecular flexibility index (Phi) is 3.33. The van der Waals surface area contributed by atoms with Gasteiger partial charge in [-0.1, -0.05) is 0 Å². The van der Waals surface area contributed by atoms with Gasteiger partial charge in [0.25, 0.3) is 5.91 Å². The van der Waals surface area contributed by atoms with Crippen LogP contribution < -0.4 is 5.32 Å². The Morgan fingerprint density at radius 2 is 2.24 bits per heavy atom. The minimum Gasteiger partial charge on any atom is -0.508 e. The Balaban J connectivity index is 2.00. The highest BCUT2D eigenvalue weighted by Gasteiger charge is 2.28. The van der Waals surface area contributed by atoms with Crippen LogP contribution in [0, 0.1) is 6.92 Å². The first kappa shape index (κ1) is 11.9. The molecule has 1 aliphatic heterocycles. The van der Waals surface area contributed by atoms with E-state index >= 15 is 0 Å². The third-order valence-corrected chi connectivity index (χ3v) is 2.99. The number of phenolic OH excluding ortho intramolecular Hbond substituents is 1. The average Bonchev–Trinajstić information content (AvgIpc) is 2.70. The molecule has 1 aromatic carbocycles. The highest BCUT2D eigenvalue weighted by atomic mass is 16.5. The summed E-state index contributed by atoms with van der Waals surface area (Å²) in [5.74, 6) is 0.119. The van der Waals surface area contributed by atoms with E-state index in [9.17, 15) is 9.90 Å². The number of carbonyl (C=O) groups is 1. The fraction of sp³-hybridized carbons (Fsp3) is 0.462. The van der Waals surface area contributed by atoms with Gasteiger partial charge >= 0.3 is 0 Å². The number of hydrogen-bond acceptors (Lipinski definition) is 3. The third-order valence-electron chi connectivity index (χ3n) is 2.99. The number of amides is 1. The lowest BCUT2D eigenvalue weighted by Gasteiger charge is -2.12. The predicted octanol–water partition coefficient (Wildman–Crippen LogP) is 2.21. The molecule has 4 nitrogen and oxygen atoms in total. The van der Waals surface area contributed by atoms with Gasteiger partial charge in [0, 0.05) is 5.69 Å². The molecule has 2 atom stereocenters. The van der Waals surface area contributed by atoms with Crippen molar-refractivity contribution in [1.29, 1.82) is 0 Å². The number of aromatic hydroxyl groups is 1. The number of nitrogens with one attached hydrogen (secondary N) is 1. The van der Waals surface area contributed by atoms with E-state index in [0.29, 0.717) is 5.69 Å². The minimum atomic E-state index is -0.348. The number of carbonyl (C=O) groups excluding carboxylic acids is 1. The van der Waals surface area contributed by atoms with Gasteiger partial charge in [0.2, 0.25) is 0 Å². The summed E-state index contributed by atoms with van der Waals surface area (Å²) in [6, 6.07) is 4.99. The van der Waals surface area contributed by atoms with Crippen LogP contribution in [-0.4, -0.2) is 23.2 Å². The normalized spacial score (nSPS) is 23.6. The summed E-state index contributed by atoms with van der Waals surface area (Å²) in [5, 5.41) is 12.2. The molecule has 1 aliphatic rings. The SMILES string of the molecule is Cc1cc(NC(=O)C2CCC(C)O2)ccc1O. The van der Waals surface area contributed by atoms with Crippen LogP contribution in [0.1, 0.15) is 25.3 Å². The standard InChI is InChI=1S/C13H17NO3/c1-8-7-10(4-5-11(8)15)14-13(16)12-6-3-9(2)17-12/h4-5,7,9,12,15H,3,6H2,1-2H3,(H,14,16). The van der Waals surface area contributed by atoms with E-state index in [2.05, 4.69) is 5.32 Å². The Morgan fingerprint density at radius 3 is 2.82 bits per heavy atom. The van der Waals surface area contributed by atoms with Gasteiger partial charge in [0.1, 0.15) is 11.9 Å². The lowest BCUT2D eigenvalue weighted by molar-refractivity contribution is -0.126. The molecule has 0 saturated carbocycles.